The summed E-state index contributed by atoms with van der Waals surface area (Å²) < 4.78 is 22.2. The van der Waals surface area contributed by atoms with Crippen molar-refractivity contribution in [3.05, 3.63) is 93.7 Å². The van der Waals surface area contributed by atoms with E-state index >= 15 is 0 Å². The number of carbonyl (C=O) groups is 1. The van der Waals surface area contributed by atoms with E-state index < -0.39 is 28.9 Å². The Morgan fingerprint density at radius 1 is 1.03 bits per heavy atom. The maximum Gasteiger partial charge on any atom is 0.278 e. The highest BCUT2D eigenvalue weighted by Gasteiger charge is 2.39. The summed E-state index contributed by atoms with van der Waals surface area (Å²) >= 11 is 0. The molecule has 0 aliphatic carbocycles. The minimum Gasteiger partial charge on any atom is -0.502 e. The number of pyridine rings is 1. The van der Waals surface area contributed by atoms with Gasteiger partial charge in [0.15, 0.2) is 23.0 Å². The van der Waals surface area contributed by atoms with E-state index in [9.17, 15) is 19.1 Å². The number of benzene rings is 2. The van der Waals surface area contributed by atoms with E-state index in [0.29, 0.717) is 5.56 Å². The molecule has 1 N–H and O–H groups in total. The number of hydrogen-bond donors (Lipinski definition) is 1. The van der Waals surface area contributed by atoms with E-state index in [2.05, 4.69) is 0 Å². The normalized spacial score (nSPS) is 15.2. The molecule has 0 bridgehead atoms. The van der Waals surface area contributed by atoms with Crippen LogP contribution in [-0.4, -0.2) is 39.9 Å². The highest BCUT2D eigenvalue weighted by molar-refractivity contribution is 5.96. The van der Waals surface area contributed by atoms with Gasteiger partial charge < -0.3 is 14.7 Å². The molecule has 35 heavy (non-hydrogen) atoms. The molecule has 0 radical (unpaired) electrons. The number of ether oxygens (including phenoxy) is 1. The lowest BCUT2D eigenvalue weighted by Gasteiger charge is -2.46. The molecule has 0 fully saturated rings. The fourth-order valence-corrected chi connectivity index (χ4v) is 4.42. The van der Waals surface area contributed by atoms with Gasteiger partial charge >= 0.3 is 0 Å². The van der Waals surface area contributed by atoms with E-state index in [4.69, 9.17) is 4.74 Å². The molecule has 2 aromatic carbocycles. The number of aromatic nitrogens is 1. The van der Waals surface area contributed by atoms with Crippen molar-refractivity contribution >= 4 is 5.91 Å². The van der Waals surface area contributed by atoms with Gasteiger partial charge in [0.05, 0.1) is 6.61 Å². The molecule has 1 amide bonds. The lowest BCUT2D eigenvalue weighted by molar-refractivity contribution is 0.0554. The summed E-state index contributed by atoms with van der Waals surface area (Å²) in [6.07, 6.45) is 1.47. The molecule has 1 aliphatic rings. The van der Waals surface area contributed by atoms with Crippen molar-refractivity contribution in [1.82, 2.24) is 9.58 Å². The number of fused-ring (bicyclic) bond motifs is 1. The molecule has 8 heteroatoms. The zero-order chi connectivity index (χ0) is 25.3. The summed E-state index contributed by atoms with van der Waals surface area (Å²) in [5.41, 5.74) is 0.635. The molecule has 0 saturated heterocycles. The quantitative estimate of drug-likeness (QED) is 0.548. The molecular formula is C27H30FN3O4. The predicted molar refractivity (Wildman–Crippen MR) is 132 cm³/mol. The van der Waals surface area contributed by atoms with Gasteiger partial charge in [0, 0.05) is 23.9 Å². The molecular weight excluding hydrogens is 449 g/mol. The molecule has 1 aliphatic heterocycles. The SMILES string of the molecule is CCOc1c(F)cccc1[C@H](c1ccccc1)N1CN([C@@H](C)C(C)C)C(=O)c2c(O)c(=O)ccn21. The molecule has 3 aromatic rings. The van der Waals surface area contributed by atoms with Crippen molar-refractivity contribution in [2.24, 2.45) is 5.92 Å². The second-order valence-electron chi connectivity index (χ2n) is 8.97. The molecule has 0 spiro atoms. The third-order valence-electron chi connectivity index (χ3n) is 6.54. The van der Waals surface area contributed by atoms with E-state index in [1.165, 1.54) is 23.0 Å². The van der Waals surface area contributed by atoms with Gasteiger partial charge in [-0.1, -0.05) is 56.3 Å². The summed E-state index contributed by atoms with van der Waals surface area (Å²) in [6, 6.07) is 14.7. The van der Waals surface area contributed by atoms with Crippen LogP contribution in [-0.2, 0) is 0 Å². The smallest absolute Gasteiger partial charge is 0.278 e. The largest absolute Gasteiger partial charge is 0.502 e. The topological polar surface area (TPSA) is 75.0 Å². The zero-order valence-electron chi connectivity index (χ0n) is 20.3. The summed E-state index contributed by atoms with van der Waals surface area (Å²) in [7, 11) is 0. The summed E-state index contributed by atoms with van der Waals surface area (Å²) in [5, 5.41) is 12.5. The minimum atomic E-state index is -0.638. The molecule has 4 rings (SSSR count). The van der Waals surface area contributed by atoms with E-state index in [1.54, 1.807) is 24.0 Å². The summed E-state index contributed by atoms with van der Waals surface area (Å²) in [6.45, 7) is 8.15. The number of halogens is 1. The monoisotopic (exact) mass is 479 g/mol. The lowest BCUT2D eigenvalue weighted by atomic mass is 9.96. The van der Waals surface area contributed by atoms with Crippen molar-refractivity contribution < 1.29 is 19.0 Å². The Morgan fingerprint density at radius 3 is 2.40 bits per heavy atom. The summed E-state index contributed by atoms with van der Waals surface area (Å²) in [5.74, 6) is -1.30. The Bertz CT molecular complexity index is 1280. The van der Waals surface area contributed by atoms with Crippen LogP contribution in [0.4, 0.5) is 4.39 Å². The number of amides is 1. The first-order chi connectivity index (χ1) is 16.8. The van der Waals surface area contributed by atoms with Gasteiger partial charge in [0.25, 0.3) is 5.91 Å². The first-order valence-corrected chi connectivity index (χ1v) is 11.7. The molecule has 2 heterocycles. The lowest BCUT2D eigenvalue weighted by Crippen LogP contribution is -2.58. The van der Waals surface area contributed by atoms with Crippen LogP contribution in [0.5, 0.6) is 11.5 Å². The first-order valence-electron chi connectivity index (χ1n) is 11.7. The van der Waals surface area contributed by atoms with Gasteiger partial charge in [0.2, 0.25) is 5.43 Å². The molecule has 0 saturated carbocycles. The molecule has 0 unspecified atom stereocenters. The van der Waals surface area contributed by atoms with Gasteiger partial charge in [-0.05, 0) is 31.4 Å². The molecule has 2 atom stereocenters. The predicted octanol–water partition coefficient (Wildman–Crippen LogP) is 4.28. The van der Waals surface area contributed by atoms with Crippen molar-refractivity contribution in [3.63, 3.8) is 0 Å². The molecule has 184 valence electrons. The molecule has 7 nitrogen and oxygen atoms in total. The van der Waals surface area contributed by atoms with Crippen LogP contribution in [0.25, 0.3) is 0 Å². The van der Waals surface area contributed by atoms with Crippen LogP contribution >= 0.6 is 0 Å². The third kappa shape index (κ3) is 4.36. The fraction of sp³-hybridized carbons (Fsp3) is 0.333. The Morgan fingerprint density at radius 2 is 1.74 bits per heavy atom. The molecule has 1 aromatic heterocycles. The van der Waals surface area contributed by atoms with Crippen molar-refractivity contribution in [3.8, 4) is 11.5 Å². The fourth-order valence-electron chi connectivity index (χ4n) is 4.42. The van der Waals surface area contributed by atoms with Crippen LogP contribution in [0.2, 0.25) is 0 Å². The highest BCUT2D eigenvalue weighted by atomic mass is 19.1. The average Bonchev–Trinajstić information content (AvgIpc) is 2.84. The van der Waals surface area contributed by atoms with Crippen LogP contribution < -0.4 is 15.2 Å². The second-order valence-corrected chi connectivity index (χ2v) is 8.97. The van der Waals surface area contributed by atoms with Crippen molar-refractivity contribution in [1.29, 1.82) is 0 Å². The number of nitrogens with zero attached hydrogens (tertiary/aromatic N) is 3. The number of hydrogen-bond acceptors (Lipinski definition) is 5. The average molecular weight is 480 g/mol. The van der Waals surface area contributed by atoms with Crippen molar-refractivity contribution in [2.75, 3.05) is 18.3 Å². The van der Waals surface area contributed by atoms with Crippen LogP contribution in [0.1, 0.15) is 55.4 Å². The van der Waals surface area contributed by atoms with E-state index in [0.717, 1.165) is 5.56 Å². The van der Waals surface area contributed by atoms with Gasteiger partial charge in [-0.2, -0.15) is 0 Å². The van der Waals surface area contributed by atoms with Crippen molar-refractivity contribution in [2.45, 2.75) is 39.8 Å². The van der Waals surface area contributed by atoms with Gasteiger partial charge in [-0.3, -0.25) is 19.3 Å². The second kappa shape index (κ2) is 9.82. The van der Waals surface area contributed by atoms with E-state index in [1.807, 2.05) is 56.1 Å². The number of para-hydroxylation sites is 1. The van der Waals surface area contributed by atoms with Crippen LogP contribution in [0.3, 0.4) is 0 Å². The summed E-state index contributed by atoms with van der Waals surface area (Å²) in [4.78, 5) is 27.5. The Balaban J connectivity index is 2.00. The Hall–Kier alpha value is -3.81. The number of aromatic hydroxyl groups is 1. The van der Waals surface area contributed by atoms with Crippen LogP contribution in [0, 0.1) is 11.7 Å². The van der Waals surface area contributed by atoms with Crippen LogP contribution in [0.15, 0.2) is 65.6 Å². The Labute approximate surface area is 204 Å². The highest BCUT2D eigenvalue weighted by Crippen LogP contribution is 2.38. The standard InChI is InChI=1S/C27H30FN3O4/c1-5-35-26-20(12-9-13-21(26)28)23(19-10-7-6-8-11-19)31-16-29(18(4)17(2)3)27(34)24-25(33)22(32)14-15-30(24)31/h6-15,17-18,23,33H,5,16H2,1-4H3/t18-,23-/m0/s1. The number of rotatable bonds is 7. The zero-order valence-corrected chi connectivity index (χ0v) is 20.3. The number of carbonyl (C=O) groups excluding carboxylic acids is 1. The minimum absolute atomic E-state index is 0.119. The third-order valence-corrected chi connectivity index (χ3v) is 6.54. The maximum absolute atomic E-state index is 15.0. The Kier molecular flexibility index (Phi) is 6.82. The van der Waals surface area contributed by atoms with Gasteiger partial charge in [-0.15, -0.1) is 0 Å². The van der Waals surface area contributed by atoms with Gasteiger partial charge in [-0.25, -0.2) is 4.39 Å². The first kappa shape index (κ1) is 24.3. The van der Waals surface area contributed by atoms with Gasteiger partial charge in [0.1, 0.15) is 12.7 Å². The van der Waals surface area contributed by atoms with E-state index in [-0.39, 0.29) is 36.7 Å². The maximum atomic E-state index is 15.0.